The van der Waals surface area contributed by atoms with Crippen LogP contribution in [0.4, 0.5) is 10.5 Å². The SMILES string of the molecule is CCn1cc(-c2cc(-c3cnc(C)cn3)c3ccc(N4CCNC4=O)cc3n2)cn1. The molecule has 0 bridgehead atoms. The van der Waals surface area contributed by atoms with Crippen LogP contribution in [0.15, 0.2) is 49.1 Å². The maximum absolute atomic E-state index is 12.1. The average molecular weight is 399 g/mol. The quantitative estimate of drug-likeness (QED) is 0.568. The van der Waals surface area contributed by atoms with Gasteiger partial charge in [0.2, 0.25) is 0 Å². The molecular formula is C22H21N7O. The molecule has 30 heavy (non-hydrogen) atoms. The highest BCUT2D eigenvalue weighted by Crippen LogP contribution is 2.33. The zero-order chi connectivity index (χ0) is 20.7. The summed E-state index contributed by atoms with van der Waals surface area (Å²) in [6, 6.07) is 7.85. The van der Waals surface area contributed by atoms with Crippen LogP contribution in [0, 0.1) is 6.92 Å². The fourth-order valence-electron chi connectivity index (χ4n) is 3.66. The first-order valence-corrected chi connectivity index (χ1v) is 9.94. The Labute approximate surface area is 173 Å². The van der Waals surface area contributed by atoms with Gasteiger partial charge in [0.15, 0.2) is 0 Å². The molecule has 1 aliphatic rings. The number of pyridine rings is 1. The molecule has 150 valence electrons. The van der Waals surface area contributed by atoms with Crippen molar-refractivity contribution < 1.29 is 4.79 Å². The summed E-state index contributed by atoms with van der Waals surface area (Å²) in [5.41, 5.74) is 5.96. The molecule has 1 fully saturated rings. The minimum absolute atomic E-state index is 0.0839. The number of fused-ring (bicyclic) bond motifs is 1. The predicted molar refractivity (Wildman–Crippen MR) is 115 cm³/mol. The number of carbonyl (C=O) groups excluding carboxylic acids is 1. The van der Waals surface area contributed by atoms with Crippen molar-refractivity contribution in [3.63, 3.8) is 0 Å². The van der Waals surface area contributed by atoms with Crippen LogP contribution in [-0.4, -0.2) is 43.9 Å². The summed E-state index contributed by atoms with van der Waals surface area (Å²) in [5, 5.41) is 8.19. The van der Waals surface area contributed by atoms with Gasteiger partial charge in [-0.05, 0) is 32.0 Å². The van der Waals surface area contributed by atoms with Crippen molar-refractivity contribution in [3.8, 4) is 22.5 Å². The van der Waals surface area contributed by atoms with E-state index in [9.17, 15) is 4.79 Å². The lowest BCUT2D eigenvalue weighted by Gasteiger charge is -2.16. The topological polar surface area (TPSA) is 88.8 Å². The highest BCUT2D eigenvalue weighted by molar-refractivity contribution is 6.00. The number of anilines is 1. The van der Waals surface area contributed by atoms with Gasteiger partial charge in [-0.2, -0.15) is 5.10 Å². The van der Waals surface area contributed by atoms with Gasteiger partial charge in [-0.25, -0.2) is 9.78 Å². The van der Waals surface area contributed by atoms with Crippen molar-refractivity contribution in [1.82, 2.24) is 30.0 Å². The monoisotopic (exact) mass is 399 g/mol. The van der Waals surface area contributed by atoms with E-state index in [1.807, 2.05) is 55.2 Å². The first-order valence-electron chi connectivity index (χ1n) is 9.94. The van der Waals surface area contributed by atoms with Crippen molar-refractivity contribution in [2.45, 2.75) is 20.4 Å². The molecule has 0 aliphatic carbocycles. The number of hydrogen-bond donors (Lipinski definition) is 1. The number of nitrogens with zero attached hydrogens (tertiary/aromatic N) is 6. The molecule has 1 aliphatic heterocycles. The minimum atomic E-state index is -0.0839. The standard InChI is InChI=1S/C22H21N7O/c1-3-28-13-15(11-26-28)19-9-18(21-12-24-14(2)10-25-21)17-5-4-16(8-20(17)27-19)29-7-6-23-22(29)30/h4-5,8-13H,3,6-7H2,1-2H3,(H,23,30). The van der Waals surface area contributed by atoms with Crippen LogP contribution in [0.25, 0.3) is 33.4 Å². The highest BCUT2D eigenvalue weighted by atomic mass is 16.2. The number of urea groups is 1. The molecule has 1 saturated heterocycles. The number of carbonyl (C=O) groups is 1. The molecule has 3 aromatic heterocycles. The Kier molecular flexibility index (Phi) is 4.39. The summed E-state index contributed by atoms with van der Waals surface area (Å²) in [6.07, 6.45) is 7.35. The van der Waals surface area contributed by atoms with Crippen molar-refractivity contribution in [1.29, 1.82) is 0 Å². The van der Waals surface area contributed by atoms with E-state index in [4.69, 9.17) is 4.98 Å². The van der Waals surface area contributed by atoms with Crippen LogP contribution in [0.1, 0.15) is 12.6 Å². The van der Waals surface area contributed by atoms with E-state index in [0.717, 1.165) is 51.3 Å². The summed E-state index contributed by atoms with van der Waals surface area (Å²) in [6.45, 7) is 6.04. The van der Waals surface area contributed by atoms with E-state index in [-0.39, 0.29) is 6.03 Å². The molecule has 2 amide bonds. The predicted octanol–water partition coefficient (Wildman–Crippen LogP) is 3.41. The molecule has 0 radical (unpaired) electrons. The van der Waals surface area contributed by atoms with E-state index >= 15 is 0 Å². The second-order valence-electron chi connectivity index (χ2n) is 7.27. The number of rotatable bonds is 4. The molecule has 5 rings (SSSR count). The van der Waals surface area contributed by atoms with Gasteiger partial charge in [-0.15, -0.1) is 0 Å². The number of hydrogen-bond acceptors (Lipinski definition) is 5. The third-order valence-corrected chi connectivity index (χ3v) is 5.27. The molecule has 4 aromatic rings. The summed E-state index contributed by atoms with van der Waals surface area (Å²) in [7, 11) is 0. The Hall–Kier alpha value is -3.81. The first-order chi connectivity index (χ1) is 14.6. The van der Waals surface area contributed by atoms with Gasteiger partial charge in [-0.1, -0.05) is 6.07 Å². The van der Waals surface area contributed by atoms with E-state index in [1.165, 1.54) is 0 Å². The Bertz CT molecular complexity index is 1250. The fraction of sp³-hybridized carbons (Fsp3) is 0.227. The fourth-order valence-corrected chi connectivity index (χ4v) is 3.66. The molecule has 1 aromatic carbocycles. The van der Waals surface area contributed by atoms with Crippen LogP contribution in [-0.2, 0) is 6.54 Å². The average Bonchev–Trinajstić information content (AvgIpc) is 3.42. The first kappa shape index (κ1) is 18.2. The van der Waals surface area contributed by atoms with Gasteiger partial charge in [-0.3, -0.25) is 19.5 Å². The molecule has 0 unspecified atom stereocenters. The van der Waals surface area contributed by atoms with Crippen molar-refractivity contribution >= 4 is 22.6 Å². The number of aromatic nitrogens is 5. The zero-order valence-electron chi connectivity index (χ0n) is 16.8. The smallest absolute Gasteiger partial charge is 0.321 e. The van der Waals surface area contributed by atoms with Crippen LogP contribution >= 0.6 is 0 Å². The Morgan fingerprint density at radius 3 is 2.70 bits per heavy atom. The Morgan fingerprint density at radius 1 is 1.10 bits per heavy atom. The maximum atomic E-state index is 12.1. The van der Waals surface area contributed by atoms with Gasteiger partial charge < -0.3 is 5.32 Å². The second-order valence-corrected chi connectivity index (χ2v) is 7.27. The summed E-state index contributed by atoms with van der Waals surface area (Å²) >= 11 is 0. The normalized spacial score (nSPS) is 13.8. The van der Waals surface area contributed by atoms with Crippen molar-refractivity contribution in [2.75, 3.05) is 18.0 Å². The lowest BCUT2D eigenvalue weighted by molar-refractivity contribution is 0.252. The number of nitrogens with one attached hydrogen (secondary N) is 1. The van der Waals surface area contributed by atoms with Gasteiger partial charge in [0.1, 0.15) is 0 Å². The van der Waals surface area contributed by atoms with Crippen LogP contribution in [0.3, 0.4) is 0 Å². The van der Waals surface area contributed by atoms with E-state index in [2.05, 4.69) is 20.4 Å². The van der Waals surface area contributed by atoms with Crippen LogP contribution < -0.4 is 10.2 Å². The van der Waals surface area contributed by atoms with Gasteiger partial charge in [0.25, 0.3) is 0 Å². The number of amides is 2. The third kappa shape index (κ3) is 3.16. The Morgan fingerprint density at radius 2 is 2.00 bits per heavy atom. The lowest BCUT2D eigenvalue weighted by Crippen LogP contribution is -2.27. The zero-order valence-corrected chi connectivity index (χ0v) is 16.8. The molecule has 8 nitrogen and oxygen atoms in total. The molecule has 4 heterocycles. The van der Waals surface area contributed by atoms with Crippen LogP contribution in [0.5, 0.6) is 0 Å². The molecule has 8 heteroatoms. The van der Waals surface area contributed by atoms with Crippen molar-refractivity contribution in [2.24, 2.45) is 0 Å². The molecule has 0 spiro atoms. The van der Waals surface area contributed by atoms with E-state index in [1.54, 1.807) is 17.3 Å². The maximum Gasteiger partial charge on any atom is 0.321 e. The van der Waals surface area contributed by atoms with Gasteiger partial charge in [0, 0.05) is 54.2 Å². The Balaban J connectivity index is 1.71. The number of benzene rings is 1. The van der Waals surface area contributed by atoms with E-state index in [0.29, 0.717) is 13.1 Å². The molecule has 1 N–H and O–H groups in total. The van der Waals surface area contributed by atoms with E-state index < -0.39 is 0 Å². The third-order valence-electron chi connectivity index (χ3n) is 5.27. The lowest BCUT2D eigenvalue weighted by atomic mass is 10.0. The summed E-state index contributed by atoms with van der Waals surface area (Å²) in [5.74, 6) is 0. The van der Waals surface area contributed by atoms with Gasteiger partial charge >= 0.3 is 6.03 Å². The highest BCUT2D eigenvalue weighted by Gasteiger charge is 2.22. The van der Waals surface area contributed by atoms with Gasteiger partial charge in [0.05, 0.1) is 35.0 Å². The van der Waals surface area contributed by atoms with Crippen LogP contribution in [0.2, 0.25) is 0 Å². The summed E-state index contributed by atoms with van der Waals surface area (Å²) in [4.78, 5) is 27.7. The van der Waals surface area contributed by atoms with Crippen molar-refractivity contribution in [3.05, 3.63) is 54.7 Å². The molecule has 0 atom stereocenters. The summed E-state index contributed by atoms with van der Waals surface area (Å²) < 4.78 is 1.87. The second kappa shape index (κ2) is 7.22. The molecule has 0 saturated carbocycles. The number of aryl methyl sites for hydroxylation is 2. The molecular weight excluding hydrogens is 378 g/mol. The minimum Gasteiger partial charge on any atom is -0.336 e. The largest absolute Gasteiger partial charge is 0.336 e.